The molecule has 0 saturated heterocycles. The minimum Gasteiger partial charge on any atom is -0.360 e. The van der Waals surface area contributed by atoms with E-state index < -0.39 is 0 Å². The molecule has 0 saturated carbocycles. The van der Waals surface area contributed by atoms with E-state index in [-0.39, 0.29) is 5.91 Å². The number of nitrogens with zero attached hydrogens (tertiary/aromatic N) is 1. The van der Waals surface area contributed by atoms with E-state index in [0.29, 0.717) is 11.6 Å². The first-order valence-corrected chi connectivity index (χ1v) is 8.95. The molecule has 2 N–H and O–H groups in total. The van der Waals surface area contributed by atoms with Crippen LogP contribution in [0.3, 0.4) is 0 Å². The highest BCUT2D eigenvalue weighted by atomic mass is 32.1. The predicted octanol–water partition coefficient (Wildman–Crippen LogP) is 4.53. The van der Waals surface area contributed by atoms with E-state index >= 15 is 0 Å². The topological polar surface area (TPSA) is 57.8 Å². The van der Waals surface area contributed by atoms with Crippen LogP contribution < -0.4 is 5.32 Å². The van der Waals surface area contributed by atoms with Gasteiger partial charge in [0.25, 0.3) is 0 Å². The first-order valence-electron chi connectivity index (χ1n) is 7.12. The molecule has 3 heterocycles. The number of thiazole rings is 1. The van der Waals surface area contributed by atoms with Crippen LogP contribution in [-0.2, 0) is 11.2 Å². The molecule has 0 fully saturated rings. The summed E-state index contributed by atoms with van der Waals surface area (Å²) in [6.45, 7) is 0. The minimum absolute atomic E-state index is 0.0387. The van der Waals surface area contributed by atoms with Gasteiger partial charge < -0.3 is 10.3 Å². The van der Waals surface area contributed by atoms with Gasteiger partial charge in [0.15, 0.2) is 5.13 Å². The van der Waals surface area contributed by atoms with Crippen LogP contribution in [0, 0.1) is 0 Å². The zero-order valence-electron chi connectivity index (χ0n) is 12.1. The van der Waals surface area contributed by atoms with Crippen molar-refractivity contribution in [2.45, 2.75) is 6.42 Å². The van der Waals surface area contributed by atoms with Crippen LogP contribution in [0.1, 0.15) is 5.56 Å². The van der Waals surface area contributed by atoms with Crippen molar-refractivity contribution in [2.75, 3.05) is 5.32 Å². The molecule has 0 aliphatic rings. The second kappa shape index (κ2) is 5.98. The van der Waals surface area contributed by atoms with Crippen molar-refractivity contribution in [1.82, 2.24) is 9.97 Å². The molecule has 1 amide bonds. The largest absolute Gasteiger partial charge is 0.360 e. The maximum absolute atomic E-state index is 12.0. The fourth-order valence-corrected chi connectivity index (χ4v) is 3.88. The molecule has 114 valence electrons. The van der Waals surface area contributed by atoms with E-state index in [0.717, 1.165) is 27.7 Å². The van der Waals surface area contributed by atoms with Gasteiger partial charge in [-0.3, -0.25) is 4.79 Å². The lowest BCUT2D eigenvalue weighted by atomic mass is 10.1. The van der Waals surface area contributed by atoms with Crippen LogP contribution in [-0.4, -0.2) is 15.9 Å². The Morgan fingerprint density at radius 3 is 3.00 bits per heavy atom. The van der Waals surface area contributed by atoms with Gasteiger partial charge in [0.1, 0.15) is 0 Å². The summed E-state index contributed by atoms with van der Waals surface area (Å²) in [5.74, 6) is -0.0387. The van der Waals surface area contributed by atoms with Crippen molar-refractivity contribution < 1.29 is 4.79 Å². The van der Waals surface area contributed by atoms with Gasteiger partial charge in [-0.1, -0.05) is 18.2 Å². The predicted molar refractivity (Wildman–Crippen MR) is 96.1 cm³/mol. The Morgan fingerprint density at radius 2 is 2.13 bits per heavy atom. The molecule has 0 spiro atoms. The van der Waals surface area contributed by atoms with Crippen LogP contribution in [0.5, 0.6) is 0 Å². The third-order valence-electron chi connectivity index (χ3n) is 3.56. The lowest BCUT2D eigenvalue weighted by molar-refractivity contribution is -0.115. The van der Waals surface area contributed by atoms with Gasteiger partial charge in [-0.05, 0) is 28.5 Å². The van der Waals surface area contributed by atoms with E-state index in [9.17, 15) is 4.79 Å². The minimum atomic E-state index is -0.0387. The van der Waals surface area contributed by atoms with Crippen LogP contribution in [0.2, 0.25) is 0 Å². The van der Waals surface area contributed by atoms with Gasteiger partial charge in [0.2, 0.25) is 5.91 Å². The molecular weight excluding hydrogens is 326 g/mol. The quantitative estimate of drug-likeness (QED) is 0.574. The van der Waals surface area contributed by atoms with Crippen molar-refractivity contribution in [3.8, 4) is 11.3 Å². The molecule has 6 heteroatoms. The molecule has 1 aromatic carbocycles. The monoisotopic (exact) mass is 339 g/mol. The summed E-state index contributed by atoms with van der Waals surface area (Å²) in [6.07, 6.45) is 2.34. The summed E-state index contributed by atoms with van der Waals surface area (Å²) in [4.78, 5) is 19.8. The lowest BCUT2D eigenvalue weighted by Gasteiger charge is -1.99. The van der Waals surface area contributed by atoms with Crippen molar-refractivity contribution in [1.29, 1.82) is 0 Å². The number of carbonyl (C=O) groups excluding carboxylic acids is 1. The van der Waals surface area contributed by atoms with Gasteiger partial charge in [0, 0.05) is 28.0 Å². The van der Waals surface area contributed by atoms with E-state index in [4.69, 9.17) is 0 Å². The molecule has 0 atom stereocenters. The molecule has 4 nitrogen and oxygen atoms in total. The second-order valence-electron chi connectivity index (χ2n) is 5.14. The van der Waals surface area contributed by atoms with Gasteiger partial charge in [-0.25, -0.2) is 4.98 Å². The Kier molecular flexibility index (Phi) is 3.69. The summed E-state index contributed by atoms with van der Waals surface area (Å²) in [5.41, 5.74) is 4.04. The third kappa shape index (κ3) is 2.91. The third-order valence-corrected chi connectivity index (χ3v) is 5.05. The van der Waals surface area contributed by atoms with Crippen molar-refractivity contribution in [3.63, 3.8) is 0 Å². The number of benzene rings is 1. The van der Waals surface area contributed by atoms with E-state index in [2.05, 4.69) is 21.4 Å². The Balaban J connectivity index is 1.54. The Hall–Kier alpha value is -2.44. The number of carbonyl (C=O) groups is 1. The summed E-state index contributed by atoms with van der Waals surface area (Å²) in [6, 6.07) is 10.1. The average molecular weight is 339 g/mol. The van der Waals surface area contributed by atoms with E-state index in [1.54, 1.807) is 11.3 Å². The number of para-hydroxylation sites is 1. The fourth-order valence-electron chi connectivity index (χ4n) is 2.48. The van der Waals surface area contributed by atoms with E-state index in [1.807, 2.05) is 46.6 Å². The maximum Gasteiger partial charge on any atom is 0.230 e. The van der Waals surface area contributed by atoms with Crippen molar-refractivity contribution in [3.05, 3.63) is 58.2 Å². The Labute approximate surface area is 140 Å². The number of amides is 1. The molecule has 0 bridgehead atoms. The fraction of sp³-hybridized carbons (Fsp3) is 0.0588. The second-order valence-corrected chi connectivity index (χ2v) is 6.78. The molecule has 4 rings (SSSR count). The number of nitrogens with one attached hydrogen (secondary N) is 2. The maximum atomic E-state index is 12.0. The molecule has 0 unspecified atom stereocenters. The number of rotatable bonds is 4. The number of fused-ring (bicyclic) bond motifs is 1. The average Bonchev–Trinajstić information content (AvgIpc) is 3.26. The van der Waals surface area contributed by atoms with Gasteiger partial charge in [-0.2, -0.15) is 11.3 Å². The Morgan fingerprint density at radius 1 is 1.22 bits per heavy atom. The van der Waals surface area contributed by atoms with Gasteiger partial charge >= 0.3 is 0 Å². The van der Waals surface area contributed by atoms with Gasteiger partial charge in [0.05, 0.1) is 12.1 Å². The highest BCUT2D eigenvalue weighted by molar-refractivity contribution is 7.14. The molecule has 0 radical (unpaired) electrons. The van der Waals surface area contributed by atoms with Gasteiger partial charge in [-0.15, -0.1) is 11.3 Å². The molecule has 23 heavy (non-hydrogen) atoms. The summed E-state index contributed by atoms with van der Waals surface area (Å²) in [7, 11) is 0. The van der Waals surface area contributed by atoms with Crippen LogP contribution in [0.4, 0.5) is 5.13 Å². The molecule has 4 aromatic rings. The van der Waals surface area contributed by atoms with Crippen molar-refractivity contribution in [2.24, 2.45) is 0 Å². The van der Waals surface area contributed by atoms with Crippen LogP contribution in [0.25, 0.3) is 22.2 Å². The smallest absolute Gasteiger partial charge is 0.230 e. The number of aromatic nitrogens is 2. The lowest BCUT2D eigenvalue weighted by Crippen LogP contribution is -2.13. The molecule has 3 aromatic heterocycles. The first kappa shape index (κ1) is 14.2. The number of hydrogen-bond donors (Lipinski definition) is 2. The zero-order valence-corrected chi connectivity index (χ0v) is 13.7. The summed E-state index contributed by atoms with van der Waals surface area (Å²) < 4.78 is 0. The first-order chi connectivity index (χ1) is 11.3. The Bertz CT molecular complexity index is 953. The summed E-state index contributed by atoms with van der Waals surface area (Å²) in [5, 5.41) is 10.6. The molecule has 0 aliphatic carbocycles. The highest BCUT2D eigenvalue weighted by Gasteiger charge is 2.11. The van der Waals surface area contributed by atoms with Crippen LogP contribution >= 0.6 is 22.7 Å². The molecule has 0 aliphatic heterocycles. The zero-order chi connectivity index (χ0) is 15.6. The number of thiophene rings is 1. The number of H-pyrrole nitrogens is 1. The van der Waals surface area contributed by atoms with Crippen LogP contribution in [0.15, 0.2) is 52.7 Å². The van der Waals surface area contributed by atoms with Crippen molar-refractivity contribution >= 4 is 44.6 Å². The highest BCUT2D eigenvalue weighted by Crippen LogP contribution is 2.30. The van der Waals surface area contributed by atoms with E-state index in [1.165, 1.54) is 11.3 Å². The number of anilines is 1. The normalized spacial score (nSPS) is 11.0. The number of hydrogen-bond acceptors (Lipinski definition) is 4. The standard InChI is InChI=1S/C17H13N3OS2/c21-16(7-11-5-6-22-9-11)20-17-19-15(10-23-17)13-8-18-14-4-2-1-3-12(13)14/h1-6,8-10,18H,7H2,(H,19,20,21). The number of aromatic amines is 1. The SMILES string of the molecule is O=C(Cc1ccsc1)Nc1nc(-c2c[nH]c3ccccc23)cs1. The molecular formula is C17H13N3OS2. The summed E-state index contributed by atoms with van der Waals surface area (Å²) >= 11 is 3.04.